The maximum Gasteiger partial charge on any atom is 0.407 e. The number of amides is 4. The summed E-state index contributed by atoms with van der Waals surface area (Å²) in [6.07, 6.45) is 27.4. The summed E-state index contributed by atoms with van der Waals surface area (Å²) >= 11 is 0. The summed E-state index contributed by atoms with van der Waals surface area (Å²) in [5.74, 6) is 2.34. The summed E-state index contributed by atoms with van der Waals surface area (Å²) in [6.45, 7) is 5.67. The van der Waals surface area contributed by atoms with Gasteiger partial charge in [0.05, 0.1) is 49.2 Å². The second-order valence-electron chi connectivity index (χ2n) is 26.6. The van der Waals surface area contributed by atoms with Crippen molar-refractivity contribution in [3.8, 4) is 33.5 Å². The molecule has 4 heterocycles. The first-order chi connectivity index (χ1) is 38.9. The molecule has 5 aromatic rings. The third-order valence-electron chi connectivity index (χ3n) is 21.3. The molecule has 4 N–H and O–H groups in total. The molecule has 0 bridgehead atoms. The summed E-state index contributed by atoms with van der Waals surface area (Å²) < 4.78 is 10.1. The number of nitrogens with one attached hydrogen (secondary N) is 4. The molecule has 6 atom stereocenters. The molecular weight excluding hydrogens is 1000 g/mol. The Morgan fingerprint density at radius 2 is 1.04 bits per heavy atom. The zero-order chi connectivity index (χ0) is 54.9. The van der Waals surface area contributed by atoms with Gasteiger partial charge in [-0.15, -0.1) is 0 Å². The van der Waals surface area contributed by atoms with E-state index in [1.54, 1.807) is 0 Å². The van der Waals surface area contributed by atoms with Gasteiger partial charge in [-0.3, -0.25) is 9.59 Å². The molecule has 6 aliphatic carbocycles. The monoisotopic (exact) mass is 1080 g/mol. The highest BCUT2D eigenvalue weighted by atomic mass is 16.5. The lowest BCUT2D eigenvalue weighted by Crippen LogP contribution is -2.52. The van der Waals surface area contributed by atoms with E-state index in [2.05, 4.69) is 76.9 Å². The molecule has 2 spiro atoms. The Morgan fingerprint density at radius 3 is 1.55 bits per heavy atom. The van der Waals surface area contributed by atoms with Gasteiger partial charge in [0, 0.05) is 18.7 Å². The minimum atomic E-state index is -0.617. The fraction of sp³-hybridized carbons (Fsp3) is 0.606. The molecule has 6 fully saturated rings. The van der Waals surface area contributed by atoms with Crippen molar-refractivity contribution in [3.63, 3.8) is 0 Å². The van der Waals surface area contributed by atoms with Crippen LogP contribution in [0, 0.1) is 34.5 Å². The van der Waals surface area contributed by atoms with Crippen LogP contribution in [0.2, 0.25) is 0 Å². The predicted molar refractivity (Wildman–Crippen MR) is 309 cm³/mol. The van der Waals surface area contributed by atoms with Crippen LogP contribution in [0.3, 0.4) is 0 Å². The Morgan fingerprint density at radius 1 is 0.575 bits per heavy atom. The molecule has 2 saturated heterocycles. The van der Waals surface area contributed by atoms with E-state index in [1.165, 1.54) is 116 Å². The number of likely N-dealkylation sites (tertiary alicyclic amines) is 2. The number of imidazole rings is 2. The van der Waals surface area contributed by atoms with Crippen LogP contribution >= 0.6 is 0 Å². The molecule has 2 aromatic heterocycles. The Balaban J connectivity index is 0.821. The molecular formula is C66H84N8O6. The third-order valence-corrected chi connectivity index (χ3v) is 21.3. The molecule has 14 nitrogen and oxygen atoms in total. The first kappa shape index (κ1) is 53.1. The minimum absolute atomic E-state index is 0.0250. The van der Waals surface area contributed by atoms with Gasteiger partial charge in [0.2, 0.25) is 11.8 Å². The second kappa shape index (κ2) is 21.6. The van der Waals surface area contributed by atoms with Crippen molar-refractivity contribution in [1.29, 1.82) is 0 Å². The number of alkyl carbamates (subject to hydrolysis) is 2. The molecule has 2 unspecified atom stereocenters. The molecule has 424 valence electrons. The van der Waals surface area contributed by atoms with Gasteiger partial charge in [-0.25, -0.2) is 19.6 Å². The Kier molecular flexibility index (Phi) is 14.4. The van der Waals surface area contributed by atoms with E-state index < -0.39 is 24.3 Å². The van der Waals surface area contributed by atoms with Crippen LogP contribution in [0.15, 0.2) is 48.7 Å². The van der Waals surface area contributed by atoms with Crippen LogP contribution in [0.1, 0.15) is 188 Å². The SMILES string of the molecule is COC(=O)N[C@H](C(=O)N1CC(C)C[C@@H]1c1ncc(-c2ccc(-c3ccc(-c4ccc5nc([C@@H]6CC(C)CN6C(=O)[C@H](NC(=O)OC)C6CCCCC6)[nH]c5c4)c4c3CC3(CCCC3)C4)c3c2CC2(CCCC2)C3)[nH]1)C1CCCCC1. The van der Waals surface area contributed by atoms with Crippen molar-refractivity contribution in [2.75, 3.05) is 27.3 Å². The summed E-state index contributed by atoms with van der Waals surface area (Å²) in [4.78, 5) is 76.4. The van der Waals surface area contributed by atoms with Crippen LogP contribution in [0.5, 0.6) is 0 Å². The van der Waals surface area contributed by atoms with Gasteiger partial charge in [-0.2, -0.15) is 0 Å². The molecule has 2 aliphatic heterocycles. The quantitative estimate of drug-likeness (QED) is 0.101. The van der Waals surface area contributed by atoms with E-state index in [4.69, 9.17) is 19.4 Å². The van der Waals surface area contributed by atoms with E-state index in [-0.39, 0.29) is 46.6 Å². The van der Waals surface area contributed by atoms with Crippen LogP contribution in [-0.4, -0.2) is 93.1 Å². The zero-order valence-electron chi connectivity index (χ0n) is 47.9. The van der Waals surface area contributed by atoms with Crippen molar-refractivity contribution in [3.05, 3.63) is 82.6 Å². The lowest BCUT2D eigenvalue weighted by molar-refractivity contribution is -0.137. The van der Waals surface area contributed by atoms with Crippen molar-refractivity contribution in [2.24, 2.45) is 34.5 Å². The summed E-state index contributed by atoms with van der Waals surface area (Å²) in [7, 11) is 2.73. The number of methoxy groups -OCH3 is 2. The van der Waals surface area contributed by atoms with Crippen LogP contribution < -0.4 is 10.6 Å². The van der Waals surface area contributed by atoms with E-state index in [0.717, 1.165) is 131 Å². The standard InChI is InChI=1S/C66H84N8O6/c1-39-29-55(73(37-39)61(75)57(71-63(77)79-3)41-15-7-5-8-16-41)59-67-36-54(70-59)47-23-22-46(50-34-66(35-51(47)50)27-13-14-28-66)45-21-20-44(48-32-65(33-49(45)48)25-11-12-26-65)43-19-24-52-53(31-43)69-60(68-52)56-30-40(2)38-74(56)62(76)58(72-64(78)80-4)42-17-9-6-10-18-42/h19-24,31,36,39-42,55-58H,5-18,25-30,32-35,37-38H2,1-4H3,(H,67,70)(H,68,69)(H,71,77)(H,72,78)/t39?,40?,55-,56+,57+,58-/m1/s1. The number of carbonyl (C=O) groups is 4. The Labute approximate surface area is 472 Å². The molecule has 80 heavy (non-hydrogen) atoms. The zero-order valence-corrected chi connectivity index (χ0v) is 47.9. The van der Waals surface area contributed by atoms with E-state index in [9.17, 15) is 19.2 Å². The molecule has 3 aromatic carbocycles. The average molecular weight is 1090 g/mol. The van der Waals surface area contributed by atoms with Crippen molar-refractivity contribution >= 4 is 35.0 Å². The first-order valence-electron chi connectivity index (χ1n) is 31.0. The largest absolute Gasteiger partial charge is 0.453 e. The van der Waals surface area contributed by atoms with Gasteiger partial charge in [-0.1, -0.05) is 108 Å². The Bertz CT molecular complexity index is 3170. The molecule has 13 rings (SSSR count). The van der Waals surface area contributed by atoms with Gasteiger partial charge in [0.15, 0.2) is 0 Å². The number of aromatic nitrogens is 4. The number of benzene rings is 3. The topological polar surface area (TPSA) is 175 Å². The van der Waals surface area contributed by atoms with Gasteiger partial charge in [0.1, 0.15) is 23.7 Å². The predicted octanol–water partition coefficient (Wildman–Crippen LogP) is 13.0. The van der Waals surface area contributed by atoms with Gasteiger partial charge >= 0.3 is 12.2 Å². The maximum absolute atomic E-state index is 14.6. The Hall–Kier alpha value is -6.18. The van der Waals surface area contributed by atoms with Crippen molar-refractivity contribution in [2.45, 2.75) is 192 Å². The number of H-pyrrole nitrogens is 2. The highest BCUT2D eigenvalue weighted by Gasteiger charge is 2.47. The summed E-state index contributed by atoms with van der Waals surface area (Å²) in [6, 6.07) is 14.7. The van der Waals surface area contributed by atoms with Crippen LogP contribution in [0.4, 0.5) is 9.59 Å². The fourth-order valence-corrected chi connectivity index (χ4v) is 17.3. The molecule has 4 amide bonds. The van der Waals surface area contributed by atoms with Gasteiger partial charge in [-0.05, 0) is 181 Å². The lowest BCUT2D eigenvalue weighted by atomic mass is 9.82. The van der Waals surface area contributed by atoms with Crippen molar-refractivity contribution in [1.82, 2.24) is 40.4 Å². The van der Waals surface area contributed by atoms with E-state index in [1.807, 2.05) is 16.0 Å². The van der Waals surface area contributed by atoms with Crippen LogP contribution in [-0.2, 0) is 44.7 Å². The van der Waals surface area contributed by atoms with E-state index in [0.29, 0.717) is 24.9 Å². The second-order valence-corrected chi connectivity index (χ2v) is 26.6. The van der Waals surface area contributed by atoms with Crippen molar-refractivity contribution < 1.29 is 28.7 Å². The normalized spacial score (nSPS) is 25.1. The number of hydrogen-bond acceptors (Lipinski definition) is 8. The number of hydrogen-bond donors (Lipinski definition) is 4. The van der Waals surface area contributed by atoms with Gasteiger partial charge in [0.25, 0.3) is 0 Å². The minimum Gasteiger partial charge on any atom is -0.453 e. The number of nitrogens with zero attached hydrogens (tertiary/aromatic N) is 4. The highest BCUT2D eigenvalue weighted by Crippen LogP contribution is 2.57. The molecule has 14 heteroatoms. The number of fused-ring (bicyclic) bond motifs is 3. The number of ether oxygens (including phenoxy) is 2. The maximum atomic E-state index is 14.6. The lowest BCUT2D eigenvalue weighted by Gasteiger charge is -2.34. The van der Waals surface area contributed by atoms with Gasteiger partial charge < -0.3 is 39.9 Å². The smallest absolute Gasteiger partial charge is 0.407 e. The third kappa shape index (κ3) is 9.79. The summed E-state index contributed by atoms with van der Waals surface area (Å²) in [5.41, 5.74) is 16.0. The summed E-state index contributed by atoms with van der Waals surface area (Å²) in [5, 5.41) is 5.93. The number of rotatable bonds is 11. The molecule has 4 saturated carbocycles. The molecule has 8 aliphatic rings. The highest BCUT2D eigenvalue weighted by molar-refractivity contribution is 5.89. The number of aromatic amines is 2. The number of carbonyl (C=O) groups excluding carboxylic acids is 4. The average Bonchev–Trinajstić information content (AvgIpc) is 4.52. The van der Waals surface area contributed by atoms with Crippen LogP contribution in [0.25, 0.3) is 44.5 Å². The van der Waals surface area contributed by atoms with E-state index >= 15 is 0 Å². The molecule has 0 radical (unpaired) electrons. The first-order valence-corrected chi connectivity index (χ1v) is 31.0. The fourth-order valence-electron chi connectivity index (χ4n) is 17.3.